The largest absolute Gasteiger partial charge is 0.478 e. The average Bonchev–Trinajstić information content (AvgIpc) is 3.17. The van der Waals surface area contributed by atoms with Crippen LogP contribution in [0.3, 0.4) is 0 Å². The number of morpholine rings is 1. The molecule has 0 amide bonds. The molecular formula is C35H32N10O9. The number of aromatic carboxylic acids is 2. The number of carboxylic acid groups (broad SMARTS) is 2. The van der Waals surface area contributed by atoms with E-state index in [1.165, 1.54) is 30.3 Å². The van der Waals surface area contributed by atoms with Crippen molar-refractivity contribution in [2.24, 2.45) is 20.5 Å². The fourth-order valence-electron chi connectivity index (χ4n) is 5.02. The number of azo groups is 2. The first-order valence-electron chi connectivity index (χ1n) is 16.1. The van der Waals surface area contributed by atoms with Crippen LogP contribution in [0.25, 0.3) is 0 Å². The number of nitrogens with zero attached hydrogens (tertiary/aromatic N) is 8. The Bertz CT molecular complexity index is 2130. The molecule has 0 aliphatic carbocycles. The second-order valence-electron chi connectivity index (χ2n) is 11.6. The molecule has 4 aromatic carbocycles. The van der Waals surface area contributed by atoms with Gasteiger partial charge in [0.15, 0.2) is 12.6 Å². The molecule has 54 heavy (non-hydrogen) atoms. The predicted octanol–water partition coefficient (Wildman–Crippen LogP) is 5.39. The van der Waals surface area contributed by atoms with E-state index in [9.17, 15) is 40.2 Å². The van der Waals surface area contributed by atoms with Crippen LogP contribution in [-0.2, 0) is 4.74 Å². The molecule has 2 heterocycles. The van der Waals surface area contributed by atoms with Crippen LogP contribution in [0, 0.1) is 0 Å². The van der Waals surface area contributed by atoms with Gasteiger partial charge in [-0.1, -0.05) is 0 Å². The maximum absolute atomic E-state index is 11.4. The van der Waals surface area contributed by atoms with Gasteiger partial charge in [-0.2, -0.15) is 35.4 Å². The topological polar surface area (TPSA) is 280 Å². The van der Waals surface area contributed by atoms with Crippen molar-refractivity contribution in [3.8, 4) is 0 Å². The summed E-state index contributed by atoms with van der Waals surface area (Å²) in [6, 6.07) is 21.0. The molecule has 19 heteroatoms. The Balaban J connectivity index is 1.17. The standard InChI is InChI=1S/C35H32N10O9/c46-29(47)19-13-20(30(48)49)16-27(15-19)43-41-25-5-1-23(2-6-25)36-33-38-34(40-35(39-33)45-9-11-54-12-10-45)37-24-3-7-26(8-4-24)42-44-28-17-21(31(50)51)14-22(18-28)32(52)53/h1-8,13-18,29-30,46-49H,9-12H2,(H,50,51)(H,52,53)(H2,36,37,38,39,40). The molecule has 5 aromatic rings. The summed E-state index contributed by atoms with van der Waals surface area (Å²) in [5.41, 5.74) is 1.95. The number of nitrogens with one attached hydrogen (secondary N) is 2. The van der Waals surface area contributed by atoms with Gasteiger partial charge in [0.2, 0.25) is 17.8 Å². The molecular weight excluding hydrogens is 704 g/mol. The van der Waals surface area contributed by atoms with Gasteiger partial charge >= 0.3 is 11.9 Å². The van der Waals surface area contributed by atoms with Crippen LogP contribution in [0.1, 0.15) is 44.4 Å². The molecule has 1 aromatic heterocycles. The molecule has 0 spiro atoms. The summed E-state index contributed by atoms with van der Waals surface area (Å²) >= 11 is 0. The first-order chi connectivity index (χ1) is 26.0. The van der Waals surface area contributed by atoms with Gasteiger partial charge in [-0.15, -0.1) is 0 Å². The highest BCUT2D eigenvalue weighted by atomic mass is 16.5. The van der Waals surface area contributed by atoms with Crippen molar-refractivity contribution in [1.82, 2.24) is 15.0 Å². The minimum Gasteiger partial charge on any atom is -0.478 e. The van der Waals surface area contributed by atoms with E-state index in [1.54, 1.807) is 48.5 Å². The van der Waals surface area contributed by atoms with Crippen molar-refractivity contribution in [3.05, 3.63) is 107 Å². The molecule has 0 radical (unpaired) electrons. The normalized spacial score (nSPS) is 13.3. The maximum Gasteiger partial charge on any atom is 0.335 e. The number of hydrogen-bond acceptors (Lipinski definition) is 17. The van der Waals surface area contributed by atoms with Gasteiger partial charge in [-0.05, 0) is 84.9 Å². The monoisotopic (exact) mass is 736 g/mol. The van der Waals surface area contributed by atoms with Crippen molar-refractivity contribution in [3.63, 3.8) is 0 Å². The van der Waals surface area contributed by atoms with Crippen LogP contribution in [0.4, 0.5) is 52.0 Å². The lowest BCUT2D eigenvalue weighted by atomic mass is 10.1. The number of aromatic nitrogens is 3. The number of carbonyl (C=O) groups is 2. The van der Waals surface area contributed by atoms with Gasteiger partial charge in [0.05, 0.1) is 47.1 Å². The van der Waals surface area contributed by atoms with Crippen LogP contribution < -0.4 is 15.5 Å². The number of benzene rings is 4. The van der Waals surface area contributed by atoms with Crippen molar-refractivity contribution < 1.29 is 45.0 Å². The lowest BCUT2D eigenvalue weighted by Gasteiger charge is -2.27. The quantitative estimate of drug-likeness (QED) is 0.0556. The Kier molecular flexibility index (Phi) is 11.5. The third-order valence-electron chi connectivity index (χ3n) is 7.70. The van der Waals surface area contributed by atoms with Crippen LogP contribution in [0.15, 0.2) is 105 Å². The molecule has 1 saturated heterocycles. The number of aliphatic hydroxyl groups excluding tert-OH is 2. The minimum atomic E-state index is -1.84. The van der Waals surface area contributed by atoms with Gasteiger partial charge in [0.25, 0.3) is 0 Å². The highest BCUT2D eigenvalue weighted by Crippen LogP contribution is 2.29. The van der Waals surface area contributed by atoms with Crippen LogP contribution in [-0.4, -0.2) is 83.8 Å². The molecule has 0 saturated carbocycles. The summed E-state index contributed by atoms with van der Waals surface area (Å²) < 4.78 is 5.48. The molecule has 6 rings (SSSR count). The summed E-state index contributed by atoms with van der Waals surface area (Å²) in [6.45, 7) is 2.16. The van der Waals surface area contributed by atoms with E-state index in [1.807, 2.05) is 4.90 Å². The fraction of sp³-hybridized carbons (Fsp3) is 0.171. The Labute approximate surface area is 305 Å². The first kappa shape index (κ1) is 37.0. The lowest BCUT2D eigenvalue weighted by molar-refractivity contribution is -0.0474. The second-order valence-corrected chi connectivity index (χ2v) is 11.6. The molecule has 8 N–H and O–H groups in total. The number of anilines is 5. The van der Waals surface area contributed by atoms with Gasteiger partial charge in [0, 0.05) is 35.6 Å². The van der Waals surface area contributed by atoms with Gasteiger partial charge < -0.3 is 50.9 Å². The van der Waals surface area contributed by atoms with E-state index in [2.05, 4.69) is 46.0 Å². The smallest absolute Gasteiger partial charge is 0.335 e. The number of ether oxygens (including phenoxy) is 1. The van der Waals surface area contributed by atoms with E-state index >= 15 is 0 Å². The third-order valence-corrected chi connectivity index (χ3v) is 7.70. The third kappa shape index (κ3) is 9.76. The molecule has 0 bridgehead atoms. The summed E-state index contributed by atoms with van der Waals surface area (Å²) in [5.74, 6) is -1.68. The molecule has 1 aliphatic rings. The highest BCUT2D eigenvalue weighted by molar-refractivity contribution is 5.95. The highest BCUT2D eigenvalue weighted by Gasteiger charge is 2.18. The van der Waals surface area contributed by atoms with Crippen molar-refractivity contribution in [1.29, 1.82) is 0 Å². The molecule has 1 aliphatic heterocycles. The zero-order valence-corrected chi connectivity index (χ0v) is 28.1. The zero-order chi connectivity index (χ0) is 38.2. The Morgan fingerprint density at radius 1 is 0.593 bits per heavy atom. The minimum absolute atomic E-state index is 0.0250. The van der Waals surface area contributed by atoms with E-state index in [0.29, 0.717) is 55.0 Å². The average molecular weight is 737 g/mol. The van der Waals surface area contributed by atoms with Crippen LogP contribution in [0.5, 0.6) is 0 Å². The SMILES string of the molecule is O=C(O)c1cc(N=Nc2ccc(Nc3nc(Nc4ccc(N=Nc5cc(C(O)O)cc(C(O)O)c5)cc4)nc(N4CCOCC4)n3)cc2)cc(C(=O)O)c1. The molecule has 19 nitrogen and oxygen atoms in total. The van der Waals surface area contributed by atoms with Crippen molar-refractivity contribution in [2.45, 2.75) is 12.6 Å². The Hall–Kier alpha value is -6.77. The van der Waals surface area contributed by atoms with Crippen LogP contribution in [0.2, 0.25) is 0 Å². The fourth-order valence-corrected chi connectivity index (χ4v) is 5.02. The Morgan fingerprint density at radius 2 is 1.02 bits per heavy atom. The number of hydrogen-bond donors (Lipinski definition) is 8. The summed E-state index contributed by atoms with van der Waals surface area (Å²) in [4.78, 5) is 38.5. The second kappa shape index (κ2) is 16.7. The molecule has 0 unspecified atom stereocenters. The molecule has 0 atom stereocenters. The maximum atomic E-state index is 11.4. The number of carboxylic acids is 2. The summed E-state index contributed by atoms with van der Waals surface area (Å²) in [6.07, 6.45) is -3.67. The molecule has 1 fully saturated rings. The van der Waals surface area contributed by atoms with E-state index < -0.39 is 24.5 Å². The van der Waals surface area contributed by atoms with E-state index in [-0.39, 0.29) is 45.5 Å². The molecule has 276 valence electrons. The van der Waals surface area contributed by atoms with Crippen molar-refractivity contribution in [2.75, 3.05) is 41.8 Å². The number of rotatable bonds is 13. The number of aliphatic hydroxyl groups is 4. The summed E-state index contributed by atoms with van der Waals surface area (Å²) in [7, 11) is 0. The lowest BCUT2D eigenvalue weighted by Crippen LogP contribution is -2.37. The summed E-state index contributed by atoms with van der Waals surface area (Å²) in [5, 5.41) is 79.4. The zero-order valence-electron chi connectivity index (χ0n) is 28.1. The predicted molar refractivity (Wildman–Crippen MR) is 192 cm³/mol. The van der Waals surface area contributed by atoms with E-state index in [4.69, 9.17) is 4.74 Å². The van der Waals surface area contributed by atoms with E-state index in [0.717, 1.165) is 6.07 Å². The Morgan fingerprint density at radius 3 is 1.44 bits per heavy atom. The van der Waals surface area contributed by atoms with Gasteiger partial charge in [-0.3, -0.25) is 0 Å². The van der Waals surface area contributed by atoms with Gasteiger partial charge in [-0.25, -0.2) is 9.59 Å². The first-order valence-corrected chi connectivity index (χ1v) is 16.1. The van der Waals surface area contributed by atoms with Crippen LogP contribution >= 0.6 is 0 Å². The van der Waals surface area contributed by atoms with Crippen molar-refractivity contribution >= 4 is 63.9 Å². The van der Waals surface area contributed by atoms with Gasteiger partial charge in [0.1, 0.15) is 0 Å².